The Morgan fingerprint density at radius 2 is 1.90 bits per heavy atom. The SMILES string of the molecule is Cc1[nH]c2ccc(F)cc2c1C(=O)Cc1ccccc1. The van der Waals surface area contributed by atoms with E-state index in [0.717, 1.165) is 16.8 Å². The van der Waals surface area contributed by atoms with E-state index in [1.54, 1.807) is 6.07 Å². The van der Waals surface area contributed by atoms with Crippen molar-refractivity contribution in [3.8, 4) is 0 Å². The molecule has 0 spiro atoms. The Balaban J connectivity index is 2.03. The number of ketones is 1. The van der Waals surface area contributed by atoms with Gasteiger partial charge in [-0.3, -0.25) is 4.79 Å². The van der Waals surface area contributed by atoms with Crippen LogP contribution in [0.15, 0.2) is 48.5 Å². The normalized spacial score (nSPS) is 10.9. The highest BCUT2D eigenvalue weighted by Crippen LogP contribution is 2.24. The van der Waals surface area contributed by atoms with Gasteiger partial charge in [0.15, 0.2) is 5.78 Å². The molecule has 0 radical (unpaired) electrons. The molecule has 2 aromatic carbocycles. The van der Waals surface area contributed by atoms with E-state index in [1.807, 2.05) is 37.3 Å². The first kappa shape index (κ1) is 12.6. The highest BCUT2D eigenvalue weighted by atomic mass is 19.1. The summed E-state index contributed by atoms with van der Waals surface area (Å²) in [5.74, 6) is -0.323. The first-order valence-corrected chi connectivity index (χ1v) is 6.50. The lowest BCUT2D eigenvalue weighted by atomic mass is 10.0. The molecule has 0 atom stereocenters. The van der Waals surface area contributed by atoms with Crippen LogP contribution in [0.4, 0.5) is 4.39 Å². The monoisotopic (exact) mass is 267 g/mol. The number of hydrogen-bond donors (Lipinski definition) is 1. The van der Waals surface area contributed by atoms with Crippen molar-refractivity contribution in [2.24, 2.45) is 0 Å². The second kappa shape index (κ2) is 4.93. The summed E-state index contributed by atoms with van der Waals surface area (Å²) in [6.07, 6.45) is 0.325. The molecule has 3 rings (SSSR count). The number of H-pyrrole nitrogens is 1. The number of aryl methyl sites for hydroxylation is 1. The largest absolute Gasteiger partial charge is 0.358 e. The van der Waals surface area contributed by atoms with Gasteiger partial charge in [0.1, 0.15) is 5.82 Å². The van der Waals surface area contributed by atoms with Crippen molar-refractivity contribution in [3.63, 3.8) is 0 Å². The minimum Gasteiger partial charge on any atom is -0.358 e. The molecular weight excluding hydrogens is 253 g/mol. The average molecular weight is 267 g/mol. The highest BCUT2D eigenvalue weighted by molar-refractivity contribution is 6.09. The zero-order chi connectivity index (χ0) is 14.1. The number of aromatic nitrogens is 1. The number of carbonyl (C=O) groups excluding carboxylic acids is 1. The lowest BCUT2D eigenvalue weighted by molar-refractivity contribution is 0.0994. The summed E-state index contributed by atoms with van der Waals surface area (Å²) in [6, 6.07) is 14.0. The summed E-state index contributed by atoms with van der Waals surface area (Å²) >= 11 is 0. The molecular formula is C17H14FNO. The van der Waals surface area contributed by atoms with E-state index in [-0.39, 0.29) is 11.6 Å². The molecule has 1 N–H and O–H groups in total. The molecule has 0 unspecified atom stereocenters. The average Bonchev–Trinajstić information content (AvgIpc) is 2.75. The van der Waals surface area contributed by atoms with Crippen LogP contribution in [0.5, 0.6) is 0 Å². The zero-order valence-corrected chi connectivity index (χ0v) is 11.1. The lowest BCUT2D eigenvalue weighted by Crippen LogP contribution is -2.04. The Morgan fingerprint density at radius 3 is 2.65 bits per heavy atom. The minimum absolute atomic E-state index is 0.00514. The van der Waals surface area contributed by atoms with Crippen LogP contribution < -0.4 is 0 Å². The van der Waals surface area contributed by atoms with Crippen molar-refractivity contribution in [1.29, 1.82) is 0 Å². The number of nitrogens with one attached hydrogen (secondary N) is 1. The van der Waals surface area contributed by atoms with Gasteiger partial charge in [-0.15, -0.1) is 0 Å². The van der Waals surface area contributed by atoms with Gasteiger partial charge >= 0.3 is 0 Å². The van der Waals surface area contributed by atoms with Gasteiger partial charge in [0, 0.05) is 28.6 Å². The summed E-state index contributed by atoms with van der Waals surface area (Å²) in [5.41, 5.74) is 3.12. The standard InChI is InChI=1S/C17H14FNO/c1-11-17(14-10-13(18)7-8-15(14)19-11)16(20)9-12-5-3-2-4-6-12/h2-8,10,19H,9H2,1H3. The third-order valence-electron chi connectivity index (χ3n) is 3.43. The minimum atomic E-state index is -0.328. The molecule has 1 aromatic heterocycles. The third kappa shape index (κ3) is 2.23. The lowest BCUT2D eigenvalue weighted by Gasteiger charge is -2.02. The summed E-state index contributed by atoms with van der Waals surface area (Å²) in [5, 5.41) is 0.656. The Morgan fingerprint density at radius 1 is 1.15 bits per heavy atom. The van der Waals surface area contributed by atoms with Gasteiger partial charge in [-0.05, 0) is 30.7 Å². The van der Waals surface area contributed by atoms with Gasteiger partial charge in [-0.2, -0.15) is 0 Å². The van der Waals surface area contributed by atoms with Crippen molar-refractivity contribution in [3.05, 3.63) is 71.2 Å². The van der Waals surface area contributed by atoms with Crippen LogP contribution in [0.25, 0.3) is 10.9 Å². The number of rotatable bonds is 3. The second-order valence-corrected chi connectivity index (χ2v) is 4.90. The van der Waals surface area contributed by atoms with Crippen molar-refractivity contribution in [2.75, 3.05) is 0 Å². The van der Waals surface area contributed by atoms with Gasteiger partial charge in [0.25, 0.3) is 0 Å². The van der Waals surface area contributed by atoms with Crippen LogP contribution in [-0.4, -0.2) is 10.8 Å². The van der Waals surface area contributed by atoms with E-state index in [9.17, 15) is 9.18 Å². The number of halogens is 1. The Bertz CT molecular complexity index is 774. The zero-order valence-electron chi connectivity index (χ0n) is 11.1. The van der Waals surface area contributed by atoms with Crippen molar-refractivity contribution in [1.82, 2.24) is 4.98 Å². The quantitative estimate of drug-likeness (QED) is 0.714. The molecule has 0 aliphatic heterocycles. The molecule has 3 aromatic rings. The number of benzene rings is 2. The number of fused-ring (bicyclic) bond motifs is 1. The van der Waals surface area contributed by atoms with Gasteiger partial charge in [0.2, 0.25) is 0 Å². The van der Waals surface area contributed by atoms with E-state index in [2.05, 4.69) is 4.98 Å². The van der Waals surface area contributed by atoms with Gasteiger partial charge in [-0.1, -0.05) is 30.3 Å². The third-order valence-corrected chi connectivity index (χ3v) is 3.43. The first-order valence-electron chi connectivity index (χ1n) is 6.50. The van der Waals surface area contributed by atoms with Crippen LogP contribution in [0.1, 0.15) is 21.6 Å². The molecule has 1 heterocycles. The first-order chi connectivity index (χ1) is 9.65. The molecule has 0 aliphatic rings. The smallest absolute Gasteiger partial charge is 0.169 e. The maximum absolute atomic E-state index is 13.4. The predicted octanol–water partition coefficient (Wildman–Crippen LogP) is 4.04. The van der Waals surface area contributed by atoms with E-state index in [0.29, 0.717) is 17.4 Å². The molecule has 20 heavy (non-hydrogen) atoms. The summed E-state index contributed by atoms with van der Waals surface area (Å²) < 4.78 is 13.4. The molecule has 0 saturated heterocycles. The van der Waals surface area contributed by atoms with Crippen LogP contribution >= 0.6 is 0 Å². The second-order valence-electron chi connectivity index (χ2n) is 4.90. The van der Waals surface area contributed by atoms with Crippen LogP contribution in [0.2, 0.25) is 0 Å². The van der Waals surface area contributed by atoms with E-state index >= 15 is 0 Å². The molecule has 100 valence electrons. The van der Waals surface area contributed by atoms with Gasteiger partial charge < -0.3 is 4.98 Å². The summed E-state index contributed by atoms with van der Waals surface area (Å²) in [6.45, 7) is 1.84. The Kier molecular flexibility index (Phi) is 3.11. The number of aromatic amines is 1. The van der Waals surface area contributed by atoms with Crippen molar-refractivity contribution in [2.45, 2.75) is 13.3 Å². The maximum Gasteiger partial charge on any atom is 0.169 e. The molecule has 0 fully saturated rings. The van der Waals surface area contributed by atoms with E-state index in [4.69, 9.17) is 0 Å². The predicted molar refractivity (Wildman–Crippen MR) is 77.5 cm³/mol. The molecule has 0 saturated carbocycles. The fourth-order valence-corrected chi connectivity index (χ4v) is 2.53. The topological polar surface area (TPSA) is 32.9 Å². The van der Waals surface area contributed by atoms with E-state index in [1.165, 1.54) is 12.1 Å². The Labute approximate surface area is 116 Å². The van der Waals surface area contributed by atoms with Crippen LogP contribution in [0, 0.1) is 12.7 Å². The summed E-state index contributed by atoms with van der Waals surface area (Å²) in [4.78, 5) is 15.6. The van der Waals surface area contributed by atoms with E-state index < -0.39 is 0 Å². The van der Waals surface area contributed by atoms with Crippen molar-refractivity contribution >= 4 is 16.7 Å². The molecule has 2 nitrogen and oxygen atoms in total. The highest BCUT2D eigenvalue weighted by Gasteiger charge is 2.16. The number of hydrogen-bond acceptors (Lipinski definition) is 1. The maximum atomic E-state index is 13.4. The summed E-state index contributed by atoms with van der Waals surface area (Å²) in [7, 11) is 0. The van der Waals surface area contributed by atoms with Crippen LogP contribution in [-0.2, 0) is 6.42 Å². The molecule has 0 amide bonds. The molecule has 0 bridgehead atoms. The van der Waals surface area contributed by atoms with Crippen LogP contribution in [0.3, 0.4) is 0 Å². The number of carbonyl (C=O) groups is 1. The molecule has 3 heteroatoms. The van der Waals surface area contributed by atoms with Gasteiger partial charge in [-0.25, -0.2) is 4.39 Å². The number of Topliss-reactive ketones (excluding diaryl/α,β-unsaturated/α-hetero) is 1. The van der Waals surface area contributed by atoms with Gasteiger partial charge in [0.05, 0.1) is 0 Å². The van der Waals surface area contributed by atoms with Crippen molar-refractivity contribution < 1.29 is 9.18 Å². The fourth-order valence-electron chi connectivity index (χ4n) is 2.53. The Hall–Kier alpha value is -2.42. The fraction of sp³-hybridized carbons (Fsp3) is 0.118. The molecule has 0 aliphatic carbocycles.